The average Bonchev–Trinajstić information content (AvgIpc) is 3.14. The number of halogens is 1. The molecule has 0 bridgehead atoms. The van der Waals surface area contributed by atoms with Crippen molar-refractivity contribution >= 4 is 29.0 Å². The molecule has 0 spiro atoms. The second-order valence-electron chi connectivity index (χ2n) is 8.40. The number of hydrogen-bond acceptors (Lipinski definition) is 7. The molecular weight excluding hydrogens is 464 g/mol. The van der Waals surface area contributed by atoms with E-state index < -0.39 is 34.0 Å². The lowest BCUT2D eigenvalue weighted by Gasteiger charge is -2.41. The van der Waals surface area contributed by atoms with E-state index in [1.54, 1.807) is 31.2 Å². The first-order chi connectivity index (χ1) is 16.0. The second-order valence-corrected chi connectivity index (χ2v) is 8.84. The number of non-ortho nitro benzene ring substituents is 1. The highest BCUT2D eigenvalue weighted by molar-refractivity contribution is 6.30. The van der Waals surface area contributed by atoms with E-state index in [0.29, 0.717) is 16.4 Å². The number of aromatic nitrogens is 1. The van der Waals surface area contributed by atoms with Crippen molar-refractivity contribution in [1.82, 2.24) is 4.57 Å². The van der Waals surface area contributed by atoms with Crippen LogP contribution in [0.3, 0.4) is 0 Å². The molecule has 0 saturated heterocycles. The Labute approximate surface area is 199 Å². The fourth-order valence-electron chi connectivity index (χ4n) is 4.57. The number of ether oxygens (including phenoxy) is 1. The summed E-state index contributed by atoms with van der Waals surface area (Å²) in [5, 5.41) is 11.3. The van der Waals surface area contributed by atoms with Crippen molar-refractivity contribution in [2.75, 3.05) is 0 Å². The number of nitro groups is 1. The van der Waals surface area contributed by atoms with E-state index in [4.69, 9.17) is 20.8 Å². The number of ketones is 1. The summed E-state index contributed by atoms with van der Waals surface area (Å²) in [5.41, 5.74) is -0.578. The van der Waals surface area contributed by atoms with Gasteiger partial charge in [-0.2, -0.15) is 0 Å². The summed E-state index contributed by atoms with van der Waals surface area (Å²) in [6.45, 7) is 4.81. The third kappa shape index (κ3) is 3.81. The van der Waals surface area contributed by atoms with Gasteiger partial charge in [0.2, 0.25) is 0 Å². The molecule has 176 valence electrons. The number of hydrogen-bond donors (Lipinski definition) is 0. The van der Waals surface area contributed by atoms with Crippen molar-refractivity contribution in [3.05, 3.63) is 91.2 Å². The number of fused-ring (bicyclic) bond motifs is 1. The van der Waals surface area contributed by atoms with Crippen LogP contribution >= 0.6 is 11.6 Å². The number of carbonyl (C=O) groups is 2. The van der Waals surface area contributed by atoms with Gasteiger partial charge in [-0.1, -0.05) is 31.5 Å². The zero-order valence-corrected chi connectivity index (χ0v) is 19.4. The Hall–Kier alpha value is -3.72. The smallest absolute Gasteiger partial charge is 0.424 e. The lowest BCUT2D eigenvalue weighted by molar-refractivity contribution is -0.384. The van der Waals surface area contributed by atoms with Gasteiger partial charge in [-0.05, 0) is 37.3 Å². The molecule has 0 saturated carbocycles. The summed E-state index contributed by atoms with van der Waals surface area (Å²) in [4.78, 5) is 49.0. The van der Waals surface area contributed by atoms with Gasteiger partial charge in [-0.15, -0.1) is 0 Å². The van der Waals surface area contributed by atoms with Crippen LogP contribution < -0.4 is 5.76 Å². The normalized spacial score (nSPS) is 21.5. The number of esters is 1. The molecule has 0 unspecified atom stereocenters. The maximum Gasteiger partial charge on any atom is 0.424 e. The minimum absolute atomic E-state index is 0.0647. The van der Waals surface area contributed by atoms with Gasteiger partial charge in [-0.3, -0.25) is 14.9 Å². The fraction of sp³-hybridized carbons (Fsp3) is 0.292. The van der Waals surface area contributed by atoms with Crippen molar-refractivity contribution < 1.29 is 23.7 Å². The first-order valence-corrected chi connectivity index (χ1v) is 10.9. The molecule has 0 N–H and O–H groups in total. The summed E-state index contributed by atoms with van der Waals surface area (Å²) < 4.78 is 12.8. The molecule has 0 aliphatic heterocycles. The average molecular weight is 485 g/mol. The molecule has 0 radical (unpaired) electrons. The van der Waals surface area contributed by atoms with E-state index in [0.717, 1.165) is 0 Å². The van der Waals surface area contributed by atoms with Gasteiger partial charge in [0.05, 0.1) is 27.8 Å². The molecule has 34 heavy (non-hydrogen) atoms. The van der Waals surface area contributed by atoms with Crippen molar-refractivity contribution in [1.29, 1.82) is 0 Å². The van der Waals surface area contributed by atoms with Crippen LogP contribution in [0, 0.1) is 10.1 Å². The predicted molar refractivity (Wildman–Crippen MR) is 123 cm³/mol. The van der Waals surface area contributed by atoms with E-state index in [1.807, 2.05) is 6.92 Å². The summed E-state index contributed by atoms with van der Waals surface area (Å²) in [5.74, 6) is -2.71. The molecule has 1 aromatic heterocycles. The molecule has 9 nitrogen and oxygen atoms in total. The highest BCUT2D eigenvalue weighted by Crippen LogP contribution is 2.48. The van der Waals surface area contributed by atoms with Gasteiger partial charge in [0.1, 0.15) is 5.76 Å². The van der Waals surface area contributed by atoms with Gasteiger partial charge in [0.15, 0.2) is 11.4 Å². The highest BCUT2D eigenvalue weighted by atomic mass is 35.5. The van der Waals surface area contributed by atoms with Crippen LogP contribution in [0.2, 0.25) is 5.02 Å². The Kier molecular flexibility index (Phi) is 5.91. The van der Waals surface area contributed by atoms with Crippen LogP contribution in [0.4, 0.5) is 5.69 Å². The van der Waals surface area contributed by atoms with E-state index >= 15 is 0 Å². The van der Waals surface area contributed by atoms with Crippen molar-refractivity contribution in [2.24, 2.45) is 0 Å². The van der Waals surface area contributed by atoms with Crippen LogP contribution in [0.15, 0.2) is 57.7 Å². The number of oxazole rings is 1. The number of rotatable bonds is 5. The van der Waals surface area contributed by atoms with Crippen LogP contribution in [0.25, 0.3) is 5.69 Å². The third-order valence-electron chi connectivity index (χ3n) is 6.29. The maximum atomic E-state index is 12.9. The van der Waals surface area contributed by atoms with Crippen LogP contribution in [0.5, 0.6) is 0 Å². The summed E-state index contributed by atoms with van der Waals surface area (Å²) in [6.07, 6.45) is 0.120. The Bertz CT molecular complexity index is 1360. The highest BCUT2D eigenvalue weighted by Gasteiger charge is 2.53. The van der Waals surface area contributed by atoms with E-state index in [-0.39, 0.29) is 29.3 Å². The van der Waals surface area contributed by atoms with E-state index in [2.05, 4.69) is 0 Å². The Morgan fingerprint density at radius 2 is 1.88 bits per heavy atom. The van der Waals surface area contributed by atoms with Crippen molar-refractivity contribution in [3.8, 4) is 5.69 Å². The zero-order chi connectivity index (χ0) is 24.8. The topological polar surface area (TPSA) is 122 Å². The van der Waals surface area contributed by atoms with Crippen molar-refractivity contribution in [3.63, 3.8) is 0 Å². The zero-order valence-electron chi connectivity index (χ0n) is 18.6. The molecule has 1 heterocycles. The number of benzene rings is 2. The molecule has 1 aliphatic carbocycles. The Morgan fingerprint density at radius 3 is 2.47 bits per heavy atom. The van der Waals surface area contributed by atoms with E-state index in [1.165, 1.54) is 35.8 Å². The molecular formula is C24H21ClN2O7. The lowest BCUT2D eigenvalue weighted by atomic mass is 9.70. The minimum Gasteiger partial charge on any atom is -0.447 e. The second kappa shape index (κ2) is 8.57. The number of nitrogens with zero attached hydrogens (tertiary/aromatic N) is 2. The summed E-state index contributed by atoms with van der Waals surface area (Å²) in [6, 6.07) is 11.7. The van der Waals surface area contributed by atoms with Crippen molar-refractivity contribution in [2.45, 2.75) is 44.6 Å². The van der Waals surface area contributed by atoms with Gasteiger partial charge < -0.3 is 9.15 Å². The first-order valence-electron chi connectivity index (χ1n) is 10.6. The molecule has 4 rings (SSSR count). The maximum absolute atomic E-state index is 12.9. The Balaban J connectivity index is 1.75. The standard InChI is InChI=1S/C24H21ClN2O7/c1-13-12-24(15(3)28,34-22(29)16-7-9-18(10-8-16)27(31)32)14(2)21-20(13)26(23(30)33-21)19-6-4-5-17(25)11-19/h4-11,13-14H,12H2,1-3H3/t13-,14+,24+/m0/s1. The van der Waals surface area contributed by atoms with Crippen LogP contribution in [-0.2, 0) is 9.53 Å². The molecule has 1 aliphatic rings. The molecule has 10 heteroatoms. The predicted octanol–water partition coefficient (Wildman–Crippen LogP) is 4.79. The number of nitro benzene ring substituents is 1. The minimum atomic E-state index is -1.58. The van der Waals surface area contributed by atoms with Gasteiger partial charge in [0.25, 0.3) is 5.69 Å². The van der Waals surface area contributed by atoms with Crippen LogP contribution in [-0.4, -0.2) is 26.8 Å². The molecule has 2 aromatic carbocycles. The Morgan fingerprint density at radius 1 is 1.21 bits per heavy atom. The quantitative estimate of drug-likeness (QED) is 0.290. The first kappa shape index (κ1) is 23.4. The van der Waals surface area contributed by atoms with E-state index in [9.17, 15) is 24.5 Å². The largest absolute Gasteiger partial charge is 0.447 e. The van der Waals surface area contributed by atoms with Gasteiger partial charge >= 0.3 is 11.7 Å². The summed E-state index contributed by atoms with van der Waals surface area (Å²) >= 11 is 6.11. The monoisotopic (exact) mass is 484 g/mol. The van der Waals surface area contributed by atoms with Gasteiger partial charge in [-0.25, -0.2) is 14.2 Å². The molecule has 0 amide bonds. The van der Waals surface area contributed by atoms with Crippen LogP contribution in [0.1, 0.15) is 60.8 Å². The third-order valence-corrected chi connectivity index (χ3v) is 6.53. The molecule has 3 aromatic rings. The SMILES string of the molecule is CC(=O)[C@@]1(OC(=O)c2ccc([N+](=O)[O-])cc2)C[C@H](C)c2c(oc(=O)n2-c2cccc(Cl)c2)[C@H]1C. The number of Topliss-reactive ketones (excluding diaryl/α,β-unsaturated/α-hetero) is 1. The lowest BCUT2D eigenvalue weighted by Crippen LogP contribution is -2.50. The van der Waals surface area contributed by atoms with Gasteiger partial charge in [0, 0.05) is 29.5 Å². The summed E-state index contributed by atoms with van der Waals surface area (Å²) in [7, 11) is 0. The molecule has 0 fully saturated rings. The number of carbonyl (C=O) groups excluding carboxylic acids is 2. The fourth-order valence-corrected chi connectivity index (χ4v) is 4.75. The molecule has 3 atom stereocenters.